The first kappa shape index (κ1) is 29.6. The Bertz CT molecular complexity index is 1750. The second kappa shape index (κ2) is 12.4. The van der Waals surface area contributed by atoms with Gasteiger partial charge in [0.05, 0.1) is 5.58 Å². The number of hydrogen-bond acceptors (Lipinski definition) is 3. The maximum Gasteiger partial charge on any atom is 0.120 e. The molecule has 0 N–H and O–H groups in total. The molecule has 1 radical (unpaired) electrons. The van der Waals surface area contributed by atoms with E-state index in [0.717, 1.165) is 40.1 Å². The van der Waals surface area contributed by atoms with Crippen LogP contribution in [0.25, 0.3) is 44.5 Å². The summed E-state index contributed by atoms with van der Waals surface area (Å²) in [5.41, 5.74) is 9.62. The maximum atomic E-state index is 6.35. The summed E-state index contributed by atoms with van der Waals surface area (Å²) in [4.78, 5) is 8.97. The molecular weight excluding hydrogens is 685 g/mol. The quantitative estimate of drug-likeness (QED) is 0.135. The molecule has 0 amide bonds. The SMILES string of the molecule is CCc1ccnc(-c2[c-]cc([Si](C)(C)C)c3c2oc2ccccc23)c1C.Cc1ccnc(-c2[c-]cccc2)c1.[Ir]. The second-order valence-electron chi connectivity index (χ2n) is 10.9. The van der Waals surface area contributed by atoms with E-state index in [-0.39, 0.29) is 20.1 Å². The summed E-state index contributed by atoms with van der Waals surface area (Å²) >= 11 is 0. The van der Waals surface area contributed by atoms with E-state index < -0.39 is 8.07 Å². The Kier molecular flexibility index (Phi) is 9.20. The Morgan fingerprint density at radius 3 is 2.33 bits per heavy atom. The van der Waals surface area contributed by atoms with Gasteiger partial charge in [0.2, 0.25) is 0 Å². The Labute approximate surface area is 252 Å². The summed E-state index contributed by atoms with van der Waals surface area (Å²) < 4.78 is 6.35. The minimum absolute atomic E-state index is 0. The molecule has 0 aliphatic carbocycles. The van der Waals surface area contributed by atoms with Crippen molar-refractivity contribution in [2.24, 2.45) is 0 Å². The zero-order valence-electron chi connectivity index (χ0n) is 23.9. The van der Waals surface area contributed by atoms with Crippen molar-refractivity contribution >= 4 is 35.2 Å². The molecule has 205 valence electrons. The van der Waals surface area contributed by atoms with Gasteiger partial charge in [-0.3, -0.25) is 0 Å². The zero-order valence-corrected chi connectivity index (χ0v) is 27.3. The van der Waals surface area contributed by atoms with Crippen LogP contribution in [0.2, 0.25) is 19.6 Å². The van der Waals surface area contributed by atoms with E-state index in [9.17, 15) is 0 Å². The number of aryl methyl sites for hydroxylation is 2. The monoisotopic (exact) mass is 719 g/mol. The van der Waals surface area contributed by atoms with Crippen LogP contribution in [-0.2, 0) is 26.5 Å². The second-order valence-corrected chi connectivity index (χ2v) is 16.0. The molecule has 6 aromatic rings. The molecule has 0 spiro atoms. The minimum Gasteiger partial charge on any atom is -0.501 e. The number of fused-ring (bicyclic) bond motifs is 3. The number of aromatic nitrogens is 2. The molecule has 0 bridgehead atoms. The summed E-state index contributed by atoms with van der Waals surface area (Å²) in [6, 6.07) is 31.2. The van der Waals surface area contributed by atoms with E-state index in [1.54, 1.807) is 0 Å². The topological polar surface area (TPSA) is 38.9 Å². The molecular formula is C35H34IrN2OSi-2. The maximum absolute atomic E-state index is 6.35. The molecule has 0 atom stereocenters. The van der Waals surface area contributed by atoms with Crippen LogP contribution < -0.4 is 5.19 Å². The Morgan fingerprint density at radius 2 is 1.62 bits per heavy atom. The van der Waals surface area contributed by atoms with E-state index in [1.165, 1.54) is 32.6 Å². The van der Waals surface area contributed by atoms with Gasteiger partial charge < -0.3 is 14.4 Å². The van der Waals surface area contributed by atoms with E-state index in [1.807, 2.05) is 48.8 Å². The third-order valence-corrected chi connectivity index (χ3v) is 9.11. The van der Waals surface area contributed by atoms with Gasteiger partial charge in [0.1, 0.15) is 5.58 Å². The molecule has 3 nitrogen and oxygen atoms in total. The Morgan fingerprint density at radius 1 is 0.875 bits per heavy atom. The van der Waals surface area contributed by atoms with Crippen LogP contribution in [0, 0.1) is 26.0 Å². The molecule has 5 heteroatoms. The third-order valence-electron chi connectivity index (χ3n) is 7.10. The summed E-state index contributed by atoms with van der Waals surface area (Å²) in [5.74, 6) is 0. The van der Waals surface area contributed by atoms with Crippen LogP contribution in [0.1, 0.15) is 23.6 Å². The van der Waals surface area contributed by atoms with Crippen molar-refractivity contribution in [3.8, 4) is 22.5 Å². The summed E-state index contributed by atoms with van der Waals surface area (Å²) in [6.45, 7) is 13.5. The molecule has 0 aliphatic heterocycles. The number of furan rings is 1. The number of hydrogen-bond donors (Lipinski definition) is 0. The van der Waals surface area contributed by atoms with Crippen molar-refractivity contribution in [2.45, 2.75) is 46.8 Å². The van der Waals surface area contributed by atoms with Crippen molar-refractivity contribution in [3.63, 3.8) is 0 Å². The molecule has 0 saturated heterocycles. The van der Waals surface area contributed by atoms with E-state index in [0.29, 0.717) is 0 Å². The van der Waals surface area contributed by atoms with Gasteiger partial charge in [0, 0.05) is 46.0 Å². The first-order valence-electron chi connectivity index (χ1n) is 13.5. The minimum atomic E-state index is -1.55. The molecule has 3 heterocycles. The Hall–Kier alpha value is -3.37. The average molecular weight is 719 g/mol. The van der Waals surface area contributed by atoms with Crippen molar-refractivity contribution in [1.29, 1.82) is 0 Å². The first-order valence-corrected chi connectivity index (χ1v) is 17.0. The smallest absolute Gasteiger partial charge is 0.120 e. The van der Waals surface area contributed by atoms with Crippen LogP contribution in [-0.4, -0.2) is 18.0 Å². The number of rotatable bonds is 4. The normalized spacial score (nSPS) is 11.2. The summed E-state index contributed by atoms with van der Waals surface area (Å²) in [7, 11) is -1.55. The Balaban J connectivity index is 0.000000223. The van der Waals surface area contributed by atoms with Crippen molar-refractivity contribution < 1.29 is 24.5 Å². The van der Waals surface area contributed by atoms with Gasteiger partial charge in [-0.2, -0.15) is 0 Å². The zero-order chi connectivity index (χ0) is 27.6. The van der Waals surface area contributed by atoms with E-state index in [2.05, 4.69) is 98.9 Å². The molecule has 0 fully saturated rings. The summed E-state index contributed by atoms with van der Waals surface area (Å²) in [6.07, 6.45) is 4.72. The van der Waals surface area contributed by atoms with Crippen LogP contribution >= 0.6 is 0 Å². The van der Waals surface area contributed by atoms with Crippen LogP contribution in [0.15, 0.2) is 89.6 Å². The van der Waals surface area contributed by atoms with Gasteiger partial charge in [-0.05, 0) is 49.9 Å². The number of pyridine rings is 2. The van der Waals surface area contributed by atoms with Crippen molar-refractivity contribution in [1.82, 2.24) is 9.97 Å². The molecule has 0 unspecified atom stereocenters. The largest absolute Gasteiger partial charge is 0.501 e. The average Bonchev–Trinajstić information content (AvgIpc) is 3.33. The molecule has 0 aliphatic rings. The van der Waals surface area contributed by atoms with E-state index >= 15 is 0 Å². The van der Waals surface area contributed by atoms with Gasteiger partial charge >= 0.3 is 0 Å². The van der Waals surface area contributed by atoms with Gasteiger partial charge in [-0.15, -0.1) is 53.2 Å². The van der Waals surface area contributed by atoms with Crippen LogP contribution in [0.5, 0.6) is 0 Å². The van der Waals surface area contributed by atoms with E-state index in [4.69, 9.17) is 4.42 Å². The summed E-state index contributed by atoms with van der Waals surface area (Å²) in [5, 5.41) is 3.83. The van der Waals surface area contributed by atoms with Crippen LogP contribution in [0.4, 0.5) is 0 Å². The molecule has 40 heavy (non-hydrogen) atoms. The molecule has 0 saturated carbocycles. The van der Waals surface area contributed by atoms with Crippen molar-refractivity contribution in [3.05, 3.63) is 114 Å². The number of para-hydroxylation sites is 1. The molecule has 3 aromatic carbocycles. The van der Waals surface area contributed by atoms with Gasteiger partial charge in [-0.25, -0.2) is 0 Å². The fourth-order valence-electron chi connectivity index (χ4n) is 4.99. The third kappa shape index (κ3) is 6.02. The van der Waals surface area contributed by atoms with Gasteiger partial charge in [0.15, 0.2) is 0 Å². The van der Waals surface area contributed by atoms with Gasteiger partial charge in [-0.1, -0.05) is 78.5 Å². The van der Waals surface area contributed by atoms with Crippen LogP contribution in [0.3, 0.4) is 0 Å². The molecule has 3 aromatic heterocycles. The fraction of sp³-hybridized carbons (Fsp3) is 0.200. The first-order chi connectivity index (χ1) is 18.8. The van der Waals surface area contributed by atoms with Gasteiger partial charge in [0.25, 0.3) is 0 Å². The molecule has 6 rings (SSSR count). The standard InChI is InChI=1S/C23H24NOSi.C12H10N.Ir/c1-6-16-13-14-24-22(15(16)2)18-11-12-20(26(3,4)5)21-17-9-7-8-10-19(17)25-23(18)21;1-10-7-8-13-12(9-10)11-5-3-2-4-6-11;/h7-10,12-14H,6H2,1-5H3;2-5,7-9H,1H3;/q2*-1;. The number of benzene rings is 3. The predicted octanol–water partition coefficient (Wildman–Crippen LogP) is 8.72. The van der Waals surface area contributed by atoms with Crippen molar-refractivity contribution in [2.75, 3.05) is 0 Å². The predicted molar refractivity (Wildman–Crippen MR) is 166 cm³/mol. The fourth-order valence-corrected chi connectivity index (χ4v) is 6.49. The number of nitrogens with zero attached hydrogens (tertiary/aromatic N) is 2.